The summed E-state index contributed by atoms with van der Waals surface area (Å²) in [5.74, 6) is -0.240. The summed E-state index contributed by atoms with van der Waals surface area (Å²) >= 11 is 0. The molecule has 0 aliphatic rings. The SMILES string of the molecule is CNC(=O)CNC(=O)c1cc2ccccc2cc1OCc1ccc(C#N)cc1. The van der Waals surface area contributed by atoms with Crippen LogP contribution in [0.15, 0.2) is 60.7 Å². The van der Waals surface area contributed by atoms with E-state index in [2.05, 4.69) is 16.7 Å². The summed E-state index contributed by atoms with van der Waals surface area (Å²) in [6.07, 6.45) is 0. The lowest BCUT2D eigenvalue weighted by Crippen LogP contribution is -2.35. The van der Waals surface area contributed by atoms with Crippen LogP contribution < -0.4 is 15.4 Å². The van der Waals surface area contributed by atoms with E-state index < -0.39 is 0 Å². The molecular weight excluding hydrogens is 354 g/mol. The topological polar surface area (TPSA) is 91.2 Å². The lowest BCUT2D eigenvalue weighted by atomic mass is 10.1. The van der Waals surface area contributed by atoms with Crippen LogP contribution in [-0.2, 0) is 11.4 Å². The Balaban J connectivity index is 1.86. The number of ether oxygens (including phenoxy) is 1. The van der Waals surface area contributed by atoms with E-state index in [1.54, 1.807) is 18.2 Å². The Morgan fingerprint density at radius 2 is 1.71 bits per heavy atom. The van der Waals surface area contributed by atoms with Gasteiger partial charge in [0.1, 0.15) is 12.4 Å². The van der Waals surface area contributed by atoms with E-state index in [-0.39, 0.29) is 25.0 Å². The molecule has 0 saturated heterocycles. The highest BCUT2D eigenvalue weighted by atomic mass is 16.5. The van der Waals surface area contributed by atoms with Crippen LogP contribution >= 0.6 is 0 Å². The average Bonchev–Trinajstić information content (AvgIpc) is 2.75. The number of nitrogens with zero attached hydrogens (tertiary/aromatic N) is 1. The van der Waals surface area contributed by atoms with Gasteiger partial charge in [0.2, 0.25) is 5.91 Å². The fourth-order valence-electron chi connectivity index (χ4n) is 2.70. The first-order valence-electron chi connectivity index (χ1n) is 8.74. The smallest absolute Gasteiger partial charge is 0.255 e. The van der Waals surface area contributed by atoms with Crippen molar-refractivity contribution in [3.63, 3.8) is 0 Å². The molecule has 6 heteroatoms. The third kappa shape index (κ3) is 4.46. The molecule has 6 nitrogen and oxygen atoms in total. The van der Waals surface area contributed by atoms with Crippen molar-refractivity contribution in [2.45, 2.75) is 6.61 Å². The third-order valence-corrected chi connectivity index (χ3v) is 4.26. The molecule has 0 aliphatic carbocycles. The normalized spacial score (nSPS) is 10.1. The van der Waals surface area contributed by atoms with Crippen molar-refractivity contribution in [2.24, 2.45) is 0 Å². The van der Waals surface area contributed by atoms with Gasteiger partial charge < -0.3 is 15.4 Å². The van der Waals surface area contributed by atoms with E-state index in [4.69, 9.17) is 10.00 Å². The Labute approximate surface area is 162 Å². The number of likely N-dealkylation sites (N-methyl/N-ethyl adjacent to an activating group) is 1. The molecule has 0 aromatic heterocycles. The molecule has 28 heavy (non-hydrogen) atoms. The summed E-state index contributed by atoms with van der Waals surface area (Å²) in [7, 11) is 1.51. The highest BCUT2D eigenvalue weighted by Crippen LogP contribution is 2.27. The predicted molar refractivity (Wildman–Crippen MR) is 106 cm³/mol. The van der Waals surface area contributed by atoms with Crippen molar-refractivity contribution in [1.29, 1.82) is 5.26 Å². The zero-order valence-electron chi connectivity index (χ0n) is 15.4. The van der Waals surface area contributed by atoms with Crippen LogP contribution in [0.2, 0.25) is 0 Å². The molecule has 3 aromatic carbocycles. The van der Waals surface area contributed by atoms with E-state index in [0.717, 1.165) is 16.3 Å². The molecule has 0 unspecified atom stereocenters. The van der Waals surface area contributed by atoms with Gasteiger partial charge in [0.05, 0.1) is 23.7 Å². The molecule has 0 aliphatic heterocycles. The molecule has 0 bridgehead atoms. The average molecular weight is 373 g/mol. The van der Waals surface area contributed by atoms with E-state index in [1.165, 1.54) is 7.05 Å². The Morgan fingerprint density at radius 1 is 1.04 bits per heavy atom. The van der Waals surface area contributed by atoms with E-state index >= 15 is 0 Å². The first-order valence-corrected chi connectivity index (χ1v) is 8.74. The quantitative estimate of drug-likeness (QED) is 0.695. The van der Waals surface area contributed by atoms with Gasteiger partial charge in [-0.2, -0.15) is 5.26 Å². The minimum Gasteiger partial charge on any atom is -0.488 e. The van der Waals surface area contributed by atoms with E-state index in [1.807, 2.05) is 42.5 Å². The van der Waals surface area contributed by atoms with E-state index in [9.17, 15) is 9.59 Å². The molecule has 0 fully saturated rings. The number of hydrogen-bond acceptors (Lipinski definition) is 4. The molecule has 2 N–H and O–H groups in total. The van der Waals surface area contributed by atoms with Gasteiger partial charge in [0.15, 0.2) is 0 Å². The van der Waals surface area contributed by atoms with Gasteiger partial charge in [-0.1, -0.05) is 36.4 Å². The van der Waals surface area contributed by atoms with Crippen molar-refractivity contribution >= 4 is 22.6 Å². The third-order valence-electron chi connectivity index (χ3n) is 4.26. The van der Waals surface area contributed by atoms with Crippen molar-refractivity contribution in [2.75, 3.05) is 13.6 Å². The number of hydrogen-bond donors (Lipinski definition) is 2. The monoisotopic (exact) mass is 373 g/mol. The Bertz CT molecular complexity index is 1050. The van der Waals surface area contributed by atoms with Crippen LogP contribution in [0, 0.1) is 11.3 Å². The maximum Gasteiger partial charge on any atom is 0.255 e. The number of nitriles is 1. The fraction of sp³-hybridized carbons (Fsp3) is 0.136. The maximum atomic E-state index is 12.6. The lowest BCUT2D eigenvalue weighted by Gasteiger charge is -2.13. The Hall–Kier alpha value is -3.85. The summed E-state index contributed by atoms with van der Waals surface area (Å²) in [5.41, 5.74) is 1.81. The number of rotatable bonds is 6. The molecule has 3 aromatic rings. The summed E-state index contributed by atoms with van der Waals surface area (Å²) in [4.78, 5) is 24.0. The molecule has 0 radical (unpaired) electrons. The zero-order chi connectivity index (χ0) is 19.9. The molecule has 3 rings (SSSR count). The van der Waals surface area contributed by atoms with Crippen molar-refractivity contribution in [3.05, 3.63) is 77.4 Å². The molecule has 140 valence electrons. The maximum absolute atomic E-state index is 12.6. The van der Waals surface area contributed by atoms with Gasteiger partial charge in [0.25, 0.3) is 5.91 Å². The number of benzene rings is 3. The second kappa shape index (κ2) is 8.69. The van der Waals surface area contributed by atoms with Crippen molar-refractivity contribution < 1.29 is 14.3 Å². The van der Waals surface area contributed by atoms with Gasteiger partial charge in [0, 0.05) is 7.05 Å². The predicted octanol–water partition coefficient (Wildman–Crippen LogP) is 2.77. The summed E-state index contributed by atoms with van der Waals surface area (Å²) in [6, 6.07) is 20.4. The van der Waals surface area contributed by atoms with Gasteiger partial charge in [-0.05, 0) is 40.6 Å². The molecule has 0 saturated carbocycles. The summed E-state index contributed by atoms with van der Waals surface area (Å²) in [6.45, 7) is 0.136. The fourth-order valence-corrected chi connectivity index (χ4v) is 2.70. The molecule has 0 atom stereocenters. The van der Waals surface area contributed by atoms with Crippen LogP contribution in [0.5, 0.6) is 5.75 Å². The highest BCUT2D eigenvalue weighted by molar-refractivity contribution is 6.02. The van der Waals surface area contributed by atoms with Crippen LogP contribution in [0.3, 0.4) is 0 Å². The minimum absolute atomic E-state index is 0.114. The first kappa shape index (κ1) is 18.9. The second-order valence-corrected chi connectivity index (χ2v) is 6.15. The lowest BCUT2D eigenvalue weighted by molar-refractivity contribution is -0.119. The molecule has 0 spiro atoms. The standard InChI is InChI=1S/C22H19N3O3/c1-24-21(26)13-25-22(27)19-10-17-4-2-3-5-18(17)11-20(19)28-14-16-8-6-15(12-23)7-9-16/h2-11H,13-14H2,1H3,(H,24,26)(H,25,27). The van der Waals surface area contributed by atoms with Crippen molar-refractivity contribution in [1.82, 2.24) is 10.6 Å². The number of nitrogens with one attached hydrogen (secondary N) is 2. The summed E-state index contributed by atoms with van der Waals surface area (Å²) in [5, 5.41) is 15.8. The summed E-state index contributed by atoms with van der Waals surface area (Å²) < 4.78 is 5.91. The number of amides is 2. The number of carbonyl (C=O) groups excluding carboxylic acids is 2. The van der Waals surface area contributed by atoms with Crippen LogP contribution in [0.4, 0.5) is 0 Å². The van der Waals surface area contributed by atoms with Crippen LogP contribution in [0.1, 0.15) is 21.5 Å². The van der Waals surface area contributed by atoms with Gasteiger partial charge in [-0.3, -0.25) is 9.59 Å². The largest absolute Gasteiger partial charge is 0.488 e. The minimum atomic E-state index is -0.385. The highest BCUT2D eigenvalue weighted by Gasteiger charge is 2.15. The zero-order valence-corrected chi connectivity index (χ0v) is 15.4. The Kier molecular flexibility index (Phi) is 5.87. The molecule has 2 amide bonds. The van der Waals surface area contributed by atoms with Gasteiger partial charge in [-0.15, -0.1) is 0 Å². The number of fused-ring (bicyclic) bond motifs is 1. The second-order valence-electron chi connectivity index (χ2n) is 6.15. The van der Waals surface area contributed by atoms with Crippen LogP contribution in [-0.4, -0.2) is 25.4 Å². The van der Waals surface area contributed by atoms with Crippen LogP contribution in [0.25, 0.3) is 10.8 Å². The Morgan fingerprint density at radius 3 is 2.36 bits per heavy atom. The van der Waals surface area contributed by atoms with Crippen molar-refractivity contribution in [3.8, 4) is 11.8 Å². The van der Waals surface area contributed by atoms with E-state index in [0.29, 0.717) is 16.9 Å². The first-order chi connectivity index (χ1) is 13.6. The molecular formula is C22H19N3O3. The van der Waals surface area contributed by atoms with Gasteiger partial charge >= 0.3 is 0 Å². The van der Waals surface area contributed by atoms with Gasteiger partial charge in [-0.25, -0.2) is 0 Å². The number of carbonyl (C=O) groups is 2. The molecule has 0 heterocycles.